The third kappa shape index (κ3) is 4.47. The Hall–Kier alpha value is -2.40. The Morgan fingerprint density at radius 1 is 1.23 bits per heavy atom. The molecule has 2 aliphatic heterocycles. The second-order valence-corrected chi connectivity index (χ2v) is 9.76. The van der Waals surface area contributed by atoms with Gasteiger partial charge in [0.1, 0.15) is 6.61 Å². The molecule has 0 saturated carbocycles. The van der Waals surface area contributed by atoms with Crippen molar-refractivity contribution in [2.24, 2.45) is 5.41 Å². The maximum absolute atomic E-state index is 13.3. The van der Waals surface area contributed by atoms with Crippen LogP contribution < -0.4 is 5.32 Å². The Morgan fingerprint density at radius 3 is 2.61 bits per heavy atom. The van der Waals surface area contributed by atoms with Gasteiger partial charge in [-0.25, -0.2) is 4.79 Å². The van der Waals surface area contributed by atoms with Gasteiger partial charge in [-0.15, -0.1) is 0 Å². The number of hydrogen-bond acceptors (Lipinski definition) is 5. The van der Waals surface area contributed by atoms with Gasteiger partial charge >= 0.3 is 5.97 Å². The van der Waals surface area contributed by atoms with Crippen LogP contribution in [-0.2, 0) is 25.5 Å². The number of hydrogen-bond donors (Lipinski definition) is 1. The lowest BCUT2D eigenvalue weighted by molar-refractivity contribution is -0.142. The van der Waals surface area contributed by atoms with E-state index in [1.807, 2.05) is 19.1 Å². The Kier molecular flexibility index (Phi) is 6.07. The molecule has 5 heteroatoms. The summed E-state index contributed by atoms with van der Waals surface area (Å²) in [6, 6.07) is 8.26. The van der Waals surface area contributed by atoms with Crippen LogP contribution in [-0.4, -0.2) is 31.1 Å². The predicted octanol–water partition coefficient (Wildman–Crippen LogP) is 4.58. The molecule has 1 saturated heterocycles. The first-order valence-corrected chi connectivity index (χ1v) is 11.4. The molecular formula is C26H33NO4. The summed E-state index contributed by atoms with van der Waals surface area (Å²) in [6.07, 6.45) is 4.09. The Balaban J connectivity index is 1.71. The van der Waals surface area contributed by atoms with Crippen molar-refractivity contribution in [1.29, 1.82) is 0 Å². The monoisotopic (exact) mass is 423 g/mol. The van der Waals surface area contributed by atoms with Crippen LogP contribution in [0.4, 0.5) is 0 Å². The first-order chi connectivity index (χ1) is 14.8. The molecule has 1 N–H and O–H groups in total. The van der Waals surface area contributed by atoms with Gasteiger partial charge in [-0.3, -0.25) is 4.79 Å². The van der Waals surface area contributed by atoms with Gasteiger partial charge in [0, 0.05) is 35.9 Å². The number of Topliss-reactive ketones (excluding diaryl/α,β-unsaturated/α-hetero) is 1. The number of esters is 1. The van der Waals surface area contributed by atoms with Crippen LogP contribution in [0.3, 0.4) is 0 Å². The zero-order chi connectivity index (χ0) is 22.2. The summed E-state index contributed by atoms with van der Waals surface area (Å²) in [5.41, 5.74) is 5.06. The molecule has 5 nitrogen and oxygen atoms in total. The highest BCUT2D eigenvalue weighted by Gasteiger charge is 2.43. The molecule has 3 aliphatic rings. The average molecular weight is 424 g/mol. The molecule has 2 heterocycles. The van der Waals surface area contributed by atoms with Crippen LogP contribution in [0.1, 0.15) is 70.4 Å². The van der Waals surface area contributed by atoms with Gasteiger partial charge in [-0.05, 0) is 49.1 Å². The largest absolute Gasteiger partial charge is 0.459 e. The van der Waals surface area contributed by atoms with Crippen LogP contribution in [0.25, 0.3) is 0 Å². The van der Waals surface area contributed by atoms with E-state index in [2.05, 4.69) is 38.2 Å². The molecule has 4 rings (SSSR count). The van der Waals surface area contributed by atoms with Gasteiger partial charge in [0.25, 0.3) is 0 Å². The molecule has 0 radical (unpaired) electrons. The van der Waals surface area contributed by atoms with Gasteiger partial charge in [-0.1, -0.05) is 45.0 Å². The molecule has 31 heavy (non-hydrogen) atoms. The quantitative estimate of drug-likeness (QED) is 0.703. The van der Waals surface area contributed by atoms with Crippen molar-refractivity contribution in [3.8, 4) is 0 Å². The number of carbonyl (C=O) groups is 2. The minimum absolute atomic E-state index is 0.0319. The van der Waals surface area contributed by atoms with Crippen molar-refractivity contribution in [3.05, 3.63) is 57.9 Å². The number of nitrogens with one attached hydrogen (secondary N) is 1. The third-order valence-electron chi connectivity index (χ3n) is 6.61. The second kappa shape index (κ2) is 8.62. The van der Waals surface area contributed by atoms with E-state index in [4.69, 9.17) is 9.47 Å². The van der Waals surface area contributed by atoms with E-state index in [0.29, 0.717) is 12.0 Å². The van der Waals surface area contributed by atoms with Gasteiger partial charge in [0.2, 0.25) is 0 Å². The minimum atomic E-state index is -0.400. The minimum Gasteiger partial charge on any atom is -0.459 e. The number of benzene rings is 1. The fraction of sp³-hybridized carbons (Fsp3) is 0.538. The van der Waals surface area contributed by atoms with Crippen LogP contribution in [0.5, 0.6) is 0 Å². The SMILES string of the molecule is CCc1ccc([C@@H]2C(C(=O)OC[C@H]3CCCO3)=C(C)NC3=C2C(=O)CC(C)(C)C3)cc1. The zero-order valence-corrected chi connectivity index (χ0v) is 19.0. The van der Waals surface area contributed by atoms with Crippen molar-refractivity contribution in [3.63, 3.8) is 0 Å². The van der Waals surface area contributed by atoms with Crippen molar-refractivity contribution < 1.29 is 19.1 Å². The summed E-state index contributed by atoms with van der Waals surface area (Å²) >= 11 is 0. The molecule has 0 unspecified atom stereocenters. The predicted molar refractivity (Wildman–Crippen MR) is 119 cm³/mol. The first kappa shape index (κ1) is 21.8. The number of rotatable bonds is 5. The molecule has 1 aromatic rings. The fourth-order valence-corrected chi connectivity index (χ4v) is 5.01. The van der Waals surface area contributed by atoms with E-state index >= 15 is 0 Å². The highest BCUT2D eigenvalue weighted by atomic mass is 16.6. The van der Waals surface area contributed by atoms with E-state index < -0.39 is 5.92 Å². The van der Waals surface area contributed by atoms with E-state index in [1.165, 1.54) is 5.56 Å². The lowest BCUT2D eigenvalue weighted by Crippen LogP contribution is -2.39. The highest BCUT2D eigenvalue weighted by molar-refractivity contribution is 6.04. The molecule has 0 spiro atoms. The smallest absolute Gasteiger partial charge is 0.336 e. The molecular weight excluding hydrogens is 390 g/mol. The maximum atomic E-state index is 13.3. The van der Waals surface area contributed by atoms with E-state index in [9.17, 15) is 9.59 Å². The lowest BCUT2D eigenvalue weighted by Gasteiger charge is -2.39. The van der Waals surface area contributed by atoms with Crippen LogP contribution >= 0.6 is 0 Å². The van der Waals surface area contributed by atoms with Crippen molar-refractivity contribution >= 4 is 11.8 Å². The maximum Gasteiger partial charge on any atom is 0.336 e. The van der Waals surface area contributed by atoms with Crippen LogP contribution in [0.15, 0.2) is 46.8 Å². The van der Waals surface area contributed by atoms with E-state index in [1.54, 1.807) is 0 Å². The summed E-state index contributed by atoms with van der Waals surface area (Å²) in [5.74, 6) is -0.655. The first-order valence-electron chi connectivity index (χ1n) is 11.4. The van der Waals surface area contributed by atoms with Crippen LogP contribution in [0, 0.1) is 5.41 Å². The standard InChI is InChI=1S/C26H33NO4/c1-5-17-8-10-18(11-9-17)23-22(25(29)31-15-19-7-6-12-30-19)16(2)27-20-13-26(3,4)14-21(28)24(20)23/h8-11,19,23,27H,5-7,12-15H2,1-4H3/t19-,23-/m1/s1. The van der Waals surface area contributed by atoms with Gasteiger partial charge < -0.3 is 14.8 Å². The summed E-state index contributed by atoms with van der Waals surface area (Å²) in [7, 11) is 0. The summed E-state index contributed by atoms with van der Waals surface area (Å²) in [4.78, 5) is 26.6. The Labute approximate surface area is 184 Å². The summed E-state index contributed by atoms with van der Waals surface area (Å²) in [6.45, 7) is 9.23. The van der Waals surface area contributed by atoms with Crippen molar-refractivity contribution in [2.75, 3.05) is 13.2 Å². The summed E-state index contributed by atoms with van der Waals surface area (Å²) < 4.78 is 11.3. The molecule has 1 aromatic carbocycles. The van der Waals surface area contributed by atoms with Crippen molar-refractivity contribution in [2.45, 2.75) is 71.8 Å². The molecule has 2 atom stereocenters. The molecule has 0 bridgehead atoms. The molecule has 166 valence electrons. The van der Waals surface area contributed by atoms with Crippen molar-refractivity contribution in [1.82, 2.24) is 5.32 Å². The fourth-order valence-electron chi connectivity index (χ4n) is 5.01. The zero-order valence-electron chi connectivity index (χ0n) is 19.0. The molecule has 1 fully saturated rings. The average Bonchev–Trinajstić information content (AvgIpc) is 3.24. The van der Waals surface area contributed by atoms with Gasteiger partial charge in [-0.2, -0.15) is 0 Å². The number of allylic oxidation sites excluding steroid dienone is 3. The highest BCUT2D eigenvalue weighted by Crippen LogP contribution is 2.46. The molecule has 0 aromatic heterocycles. The number of dihydropyridines is 1. The topological polar surface area (TPSA) is 64.6 Å². The number of aryl methyl sites for hydroxylation is 1. The molecule has 0 amide bonds. The Morgan fingerprint density at radius 2 is 1.97 bits per heavy atom. The van der Waals surface area contributed by atoms with Gasteiger partial charge in [0.15, 0.2) is 5.78 Å². The summed E-state index contributed by atoms with van der Waals surface area (Å²) in [5, 5.41) is 3.39. The van der Waals surface area contributed by atoms with Crippen LogP contribution in [0.2, 0.25) is 0 Å². The number of carbonyl (C=O) groups excluding carboxylic acids is 2. The second-order valence-electron chi connectivity index (χ2n) is 9.76. The molecule has 1 aliphatic carbocycles. The normalized spacial score (nSPS) is 25.4. The lowest BCUT2D eigenvalue weighted by atomic mass is 9.68. The Bertz CT molecular complexity index is 933. The number of ketones is 1. The van der Waals surface area contributed by atoms with E-state index in [-0.39, 0.29) is 29.9 Å². The van der Waals surface area contributed by atoms with Gasteiger partial charge in [0.05, 0.1) is 11.7 Å². The van der Waals surface area contributed by atoms with E-state index in [0.717, 1.165) is 54.8 Å². The third-order valence-corrected chi connectivity index (χ3v) is 6.61. The number of ether oxygens (including phenoxy) is 2.